The molecule has 2 aromatic carbocycles. The highest BCUT2D eigenvalue weighted by molar-refractivity contribution is 5.77. The van der Waals surface area contributed by atoms with Gasteiger partial charge in [-0.15, -0.1) is 0 Å². The third-order valence-corrected chi connectivity index (χ3v) is 4.82. The fourth-order valence-electron chi connectivity index (χ4n) is 3.41. The molecule has 0 bridgehead atoms. The zero-order chi connectivity index (χ0) is 19.7. The van der Waals surface area contributed by atoms with Crippen LogP contribution < -0.4 is 19.5 Å². The van der Waals surface area contributed by atoms with Crippen LogP contribution in [-0.4, -0.2) is 36.1 Å². The number of benzene rings is 2. The summed E-state index contributed by atoms with van der Waals surface area (Å²) in [6, 6.07) is 12.0. The van der Waals surface area contributed by atoms with Crippen LogP contribution in [0.4, 0.5) is 5.95 Å². The zero-order valence-electron chi connectivity index (χ0n) is 16.3. The summed E-state index contributed by atoms with van der Waals surface area (Å²) in [6.45, 7) is 2.07. The van der Waals surface area contributed by atoms with Gasteiger partial charge in [-0.1, -0.05) is 29.8 Å². The monoisotopic (exact) mass is 378 g/mol. The van der Waals surface area contributed by atoms with Crippen molar-refractivity contribution in [3.05, 3.63) is 65.5 Å². The number of nitrogens with zero attached hydrogens (tertiary/aromatic N) is 3. The van der Waals surface area contributed by atoms with Crippen molar-refractivity contribution in [3.63, 3.8) is 0 Å². The molecule has 1 unspecified atom stereocenters. The molecule has 1 aromatic heterocycles. The lowest BCUT2D eigenvalue weighted by molar-refractivity contribution is 0.320. The molecular formula is C21H22N4O3. The summed E-state index contributed by atoms with van der Waals surface area (Å²) in [4.78, 5) is 4.36. The van der Waals surface area contributed by atoms with Crippen molar-refractivity contribution in [2.24, 2.45) is 0 Å². The molecule has 0 saturated heterocycles. The van der Waals surface area contributed by atoms with Crippen LogP contribution in [0, 0.1) is 6.92 Å². The number of fused-ring (bicyclic) bond motifs is 1. The SMILES string of the molecule is COc1ccc(C2C=C(c3ccc(C)cc3)Nc3ncnn32)c(OC)c1OC. The van der Waals surface area contributed by atoms with Crippen LogP contribution in [0.15, 0.2) is 48.8 Å². The van der Waals surface area contributed by atoms with Crippen LogP contribution in [0.1, 0.15) is 22.7 Å². The summed E-state index contributed by atoms with van der Waals surface area (Å²) in [5.74, 6) is 2.43. The van der Waals surface area contributed by atoms with Crippen LogP contribution in [-0.2, 0) is 0 Å². The summed E-state index contributed by atoms with van der Waals surface area (Å²) >= 11 is 0. The predicted molar refractivity (Wildman–Crippen MR) is 107 cm³/mol. The van der Waals surface area contributed by atoms with Gasteiger partial charge in [0.05, 0.1) is 21.3 Å². The van der Waals surface area contributed by atoms with Crippen molar-refractivity contribution < 1.29 is 14.2 Å². The largest absolute Gasteiger partial charge is 0.493 e. The molecule has 1 atom stereocenters. The van der Waals surface area contributed by atoms with Crippen molar-refractivity contribution in [2.75, 3.05) is 26.6 Å². The van der Waals surface area contributed by atoms with Crippen LogP contribution in [0.5, 0.6) is 17.2 Å². The Bertz CT molecular complexity index is 1020. The van der Waals surface area contributed by atoms with Crippen molar-refractivity contribution in [1.29, 1.82) is 0 Å². The van der Waals surface area contributed by atoms with Gasteiger partial charge in [0.15, 0.2) is 11.5 Å². The van der Waals surface area contributed by atoms with Crippen LogP contribution in [0.2, 0.25) is 0 Å². The second kappa shape index (κ2) is 7.26. The van der Waals surface area contributed by atoms with E-state index in [9.17, 15) is 0 Å². The van der Waals surface area contributed by atoms with Crippen molar-refractivity contribution in [2.45, 2.75) is 13.0 Å². The lowest BCUT2D eigenvalue weighted by Gasteiger charge is -2.26. The minimum absolute atomic E-state index is 0.218. The Morgan fingerprint density at radius 1 is 0.929 bits per heavy atom. The van der Waals surface area contributed by atoms with E-state index >= 15 is 0 Å². The minimum atomic E-state index is -0.218. The number of allylic oxidation sites excluding steroid dienone is 1. The first kappa shape index (κ1) is 17.9. The summed E-state index contributed by atoms with van der Waals surface area (Å²) in [6.07, 6.45) is 3.64. The number of aromatic nitrogens is 3. The van der Waals surface area contributed by atoms with Crippen molar-refractivity contribution in [1.82, 2.24) is 14.8 Å². The van der Waals surface area contributed by atoms with Crippen LogP contribution in [0.25, 0.3) is 5.70 Å². The maximum Gasteiger partial charge on any atom is 0.226 e. The summed E-state index contributed by atoms with van der Waals surface area (Å²) in [5.41, 5.74) is 4.14. The van der Waals surface area contributed by atoms with Gasteiger partial charge < -0.3 is 19.5 Å². The first-order valence-corrected chi connectivity index (χ1v) is 8.90. The first-order valence-electron chi connectivity index (χ1n) is 8.90. The normalized spacial score (nSPS) is 15.3. The summed E-state index contributed by atoms with van der Waals surface area (Å²) in [5, 5.41) is 7.76. The molecule has 1 N–H and O–H groups in total. The number of anilines is 1. The Labute approximate surface area is 163 Å². The average Bonchev–Trinajstić information content (AvgIpc) is 3.21. The molecule has 1 aliphatic heterocycles. The molecule has 7 nitrogen and oxygen atoms in total. The van der Waals surface area contributed by atoms with E-state index in [0.29, 0.717) is 23.2 Å². The molecule has 0 fully saturated rings. The predicted octanol–water partition coefficient (Wildman–Crippen LogP) is 3.67. The van der Waals surface area contributed by atoms with Crippen molar-refractivity contribution in [3.8, 4) is 17.2 Å². The Hall–Kier alpha value is -3.48. The van der Waals surface area contributed by atoms with Crippen molar-refractivity contribution >= 4 is 11.6 Å². The Kier molecular flexibility index (Phi) is 4.65. The number of ether oxygens (including phenoxy) is 3. The van der Waals surface area contributed by atoms with Gasteiger partial charge in [-0.3, -0.25) is 0 Å². The van der Waals surface area contributed by atoms with Gasteiger partial charge in [-0.25, -0.2) is 4.68 Å². The Morgan fingerprint density at radius 3 is 2.36 bits per heavy atom. The van der Waals surface area contributed by atoms with E-state index < -0.39 is 0 Å². The fourth-order valence-corrected chi connectivity index (χ4v) is 3.41. The zero-order valence-corrected chi connectivity index (χ0v) is 16.3. The average molecular weight is 378 g/mol. The molecule has 0 radical (unpaired) electrons. The third-order valence-electron chi connectivity index (χ3n) is 4.82. The Balaban J connectivity index is 1.87. The minimum Gasteiger partial charge on any atom is -0.493 e. The van der Waals surface area contributed by atoms with Gasteiger partial charge in [0.1, 0.15) is 12.4 Å². The first-order chi connectivity index (χ1) is 13.7. The number of aryl methyl sites for hydroxylation is 1. The molecule has 0 saturated carbocycles. The molecule has 7 heteroatoms. The lowest BCUT2D eigenvalue weighted by Crippen LogP contribution is -2.21. The molecule has 2 heterocycles. The third kappa shape index (κ3) is 2.94. The molecule has 3 aromatic rings. The van der Waals surface area contributed by atoms with Gasteiger partial charge >= 0.3 is 0 Å². The van der Waals surface area contributed by atoms with Crippen LogP contribution in [0.3, 0.4) is 0 Å². The van der Waals surface area contributed by atoms with E-state index in [2.05, 4.69) is 52.7 Å². The van der Waals surface area contributed by atoms with Gasteiger partial charge in [-0.2, -0.15) is 10.1 Å². The molecule has 1 aliphatic rings. The summed E-state index contributed by atoms with van der Waals surface area (Å²) in [7, 11) is 4.82. The quantitative estimate of drug-likeness (QED) is 0.731. The van der Waals surface area contributed by atoms with E-state index in [1.807, 2.05) is 16.8 Å². The standard InChI is InChI=1S/C21H22N4O3/c1-13-5-7-14(8-6-13)16-11-17(25-21(24-16)22-12-23-25)15-9-10-18(26-2)20(28-4)19(15)27-3/h5-12,17H,1-4H3,(H,22,23,24). The van der Waals surface area contributed by atoms with E-state index in [0.717, 1.165) is 16.8 Å². The van der Waals surface area contributed by atoms with E-state index in [-0.39, 0.29) is 6.04 Å². The van der Waals surface area contributed by atoms with Crippen LogP contribution >= 0.6 is 0 Å². The van der Waals surface area contributed by atoms with E-state index in [1.165, 1.54) is 11.9 Å². The highest BCUT2D eigenvalue weighted by Gasteiger charge is 2.28. The lowest BCUT2D eigenvalue weighted by atomic mass is 9.99. The molecule has 0 amide bonds. The molecule has 28 heavy (non-hydrogen) atoms. The van der Waals surface area contributed by atoms with E-state index in [4.69, 9.17) is 14.2 Å². The maximum absolute atomic E-state index is 5.70. The second-order valence-corrected chi connectivity index (χ2v) is 6.47. The van der Waals surface area contributed by atoms with Gasteiger partial charge in [0.2, 0.25) is 11.7 Å². The molecular weight excluding hydrogens is 356 g/mol. The fraction of sp³-hybridized carbons (Fsp3) is 0.238. The smallest absolute Gasteiger partial charge is 0.226 e. The number of methoxy groups -OCH3 is 3. The van der Waals surface area contributed by atoms with Gasteiger partial charge in [0.25, 0.3) is 0 Å². The second-order valence-electron chi connectivity index (χ2n) is 6.47. The number of rotatable bonds is 5. The highest BCUT2D eigenvalue weighted by atomic mass is 16.5. The number of nitrogens with one attached hydrogen (secondary N) is 1. The Morgan fingerprint density at radius 2 is 1.68 bits per heavy atom. The molecule has 0 aliphatic carbocycles. The molecule has 4 rings (SSSR count). The highest BCUT2D eigenvalue weighted by Crippen LogP contribution is 2.45. The topological polar surface area (TPSA) is 70.4 Å². The maximum atomic E-state index is 5.70. The molecule has 0 spiro atoms. The van der Waals surface area contributed by atoms with Gasteiger partial charge in [0, 0.05) is 11.3 Å². The molecule has 144 valence electrons. The number of hydrogen-bond donors (Lipinski definition) is 1. The summed E-state index contributed by atoms with van der Waals surface area (Å²) < 4.78 is 18.5. The number of hydrogen-bond acceptors (Lipinski definition) is 6. The van der Waals surface area contributed by atoms with Gasteiger partial charge in [-0.05, 0) is 30.7 Å². The van der Waals surface area contributed by atoms with E-state index in [1.54, 1.807) is 21.3 Å².